The van der Waals surface area contributed by atoms with E-state index in [0.717, 1.165) is 0 Å². The fraction of sp³-hybridized carbons (Fsp3) is 0.300. The van der Waals surface area contributed by atoms with Crippen LogP contribution in [0.15, 0.2) is 42.5 Å². The first-order chi connectivity index (χ1) is 12.2. The summed E-state index contributed by atoms with van der Waals surface area (Å²) in [5.41, 5.74) is 1.32. The van der Waals surface area contributed by atoms with Crippen molar-refractivity contribution in [2.24, 2.45) is 0 Å². The number of anilines is 1. The van der Waals surface area contributed by atoms with Gasteiger partial charge in [0.2, 0.25) is 5.91 Å². The maximum atomic E-state index is 13.1. The van der Waals surface area contributed by atoms with Crippen molar-refractivity contribution in [3.05, 3.63) is 58.6 Å². The van der Waals surface area contributed by atoms with Crippen LogP contribution in [-0.4, -0.2) is 24.5 Å². The van der Waals surface area contributed by atoms with E-state index in [2.05, 4.69) is 5.32 Å². The van der Waals surface area contributed by atoms with Crippen LogP contribution in [0.3, 0.4) is 0 Å². The molecule has 1 heterocycles. The molecule has 2 aromatic carbocycles. The zero-order valence-electron chi connectivity index (χ0n) is 15.2. The number of nitrogens with zero attached hydrogens (tertiary/aromatic N) is 1. The van der Waals surface area contributed by atoms with Crippen molar-refractivity contribution in [2.75, 3.05) is 12.0 Å². The molecule has 0 saturated carbocycles. The van der Waals surface area contributed by atoms with Gasteiger partial charge in [0.05, 0.1) is 7.11 Å². The minimum absolute atomic E-state index is 0.232. The Labute approximate surface area is 157 Å². The Hall–Kier alpha value is -2.53. The van der Waals surface area contributed by atoms with Crippen LogP contribution in [0.2, 0.25) is 5.02 Å². The van der Waals surface area contributed by atoms with Crippen LogP contribution >= 0.6 is 11.6 Å². The van der Waals surface area contributed by atoms with Gasteiger partial charge in [0, 0.05) is 21.8 Å². The number of carbonyl (C=O) groups is 2. The number of carbonyl (C=O) groups excluding carboxylic acids is 2. The van der Waals surface area contributed by atoms with Crippen LogP contribution in [0.25, 0.3) is 0 Å². The van der Waals surface area contributed by atoms with E-state index in [9.17, 15) is 9.59 Å². The zero-order valence-corrected chi connectivity index (χ0v) is 15.9. The molecule has 1 aliphatic heterocycles. The van der Waals surface area contributed by atoms with E-state index in [4.69, 9.17) is 16.3 Å². The lowest BCUT2D eigenvalue weighted by molar-refractivity contribution is -0.123. The molecule has 136 valence electrons. The van der Waals surface area contributed by atoms with Crippen molar-refractivity contribution in [1.29, 1.82) is 0 Å². The zero-order chi connectivity index (χ0) is 19.1. The monoisotopic (exact) mass is 372 g/mol. The fourth-order valence-corrected chi connectivity index (χ4v) is 3.16. The second-order valence-electron chi connectivity index (χ2n) is 7.25. The lowest BCUT2D eigenvalue weighted by Crippen LogP contribution is -2.47. The summed E-state index contributed by atoms with van der Waals surface area (Å²) in [6, 6.07) is 11.3. The molecule has 0 aliphatic carbocycles. The van der Waals surface area contributed by atoms with Gasteiger partial charge in [-0.1, -0.05) is 17.7 Å². The van der Waals surface area contributed by atoms with Gasteiger partial charge in [-0.15, -0.1) is 0 Å². The van der Waals surface area contributed by atoms with E-state index in [0.29, 0.717) is 27.6 Å². The molecular formula is C20H21ClN2O3. The second kappa shape index (κ2) is 6.65. The first-order valence-corrected chi connectivity index (χ1v) is 8.68. The van der Waals surface area contributed by atoms with Crippen molar-refractivity contribution < 1.29 is 14.3 Å². The Morgan fingerprint density at radius 2 is 1.81 bits per heavy atom. The highest BCUT2D eigenvalue weighted by atomic mass is 35.5. The average Bonchev–Trinajstić information content (AvgIpc) is 2.86. The standard InChI is InChI=1S/C20H21ClN2O3/c1-20(2,3)22-18(24)17-15-10-9-14(26-4)11-16(15)19(25)23(17)13-7-5-12(21)6-8-13/h5-11,17H,1-4H3,(H,22,24). The number of amides is 2. The van der Waals surface area contributed by atoms with Gasteiger partial charge >= 0.3 is 0 Å². The summed E-state index contributed by atoms with van der Waals surface area (Å²) in [7, 11) is 1.54. The first-order valence-electron chi connectivity index (χ1n) is 8.30. The molecule has 5 nitrogen and oxygen atoms in total. The third kappa shape index (κ3) is 3.40. The number of hydrogen-bond acceptors (Lipinski definition) is 3. The van der Waals surface area contributed by atoms with Gasteiger partial charge in [-0.2, -0.15) is 0 Å². The van der Waals surface area contributed by atoms with Gasteiger partial charge in [-0.05, 0) is 62.7 Å². The van der Waals surface area contributed by atoms with Gasteiger partial charge in [-0.25, -0.2) is 0 Å². The van der Waals surface area contributed by atoms with Crippen LogP contribution in [0.4, 0.5) is 5.69 Å². The molecule has 0 fully saturated rings. The van der Waals surface area contributed by atoms with Crippen LogP contribution in [-0.2, 0) is 4.79 Å². The van der Waals surface area contributed by atoms with Gasteiger partial charge in [0.15, 0.2) is 0 Å². The van der Waals surface area contributed by atoms with E-state index in [1.165, 1.54) is 4.90 Å². The molecule has 0 spiro atoms. The summed E-state index contributed by atoms with van der Waals surface area (Å²) in [6.45, 7) is 5.72. The van der Waals surface area contributed by atoms with Gasteiger partial charge in [0.25, 0.3) is 5.91 Å². The van der Waals surface area contributed by atoms with Crippen molar-refractivity contribution in [3.63, 3.8) is 0 Å². The highest BCUT2D eigenvalue weighted by Gasteiger charge is 2.43. The lowest BCUT2D eigenvalue weighted by Gasteiger charge is -2.28. The highest BCUT2D eigenvalue weighted by molar-refractivity contribution is 6.30. The van der Waals surface area contributed by atoms with E-state index in [-0.39, 0.29) is 11.8 Å². The van der Waals surface area contributed by atoms with E-state index < -0.39 is 11.6 Å². The average molecular weight is 373 g/mol. The first kappa shape index (κ1) is 18.3. The molecule has 0 saturated heterocycles. The summed E-state index contributed by atoms with van der Waals surface area (Å²) in [4.78, 5) is 27.6. The number of methoxy groups -OCH3 is 1. The molecule has 6 heteroatoms. The number of nitrogens with one attached hydrogen (secondary N) is 1. The Bertz CT molecular complexity index is 856. The van der Waals surface area contributed by atoms with Crippen molar-refractivity contribution in [2.45, 2.75) is 32.4 Å². The largest absolute Gasteiger partial charge is 0.497 e. The topological polar surface area (TPSA) is 58.6 Å². The van der Waals surface area contributed by atoms with Crippen LogP contribution < -0.4 is 15.0 Å². The summed E-state index contributed by atoms with van der Waals surface area (Å²) < 4.78 is 5.23. The number of halogens is 1. The molecule has 2 amide bonds. The van der Waals surface area contributed by atoms with E-state index >= 15 is 0 Å². The molecule has 26 heavy (non-hydrogen) atoms. The molecular weight excluding hydrogens is 352 g/mol. The fourth-order valence-electron chi connectivity index (χ4n) is 3.04. The number of rotatable bonds is 3. The third-order valence-electron chi connectivity index (χ3n) is 4.11. The predicted octanol–water partition coefficient (Wildman–Crippen LogP) is 3.96. The van der Waals surface area contributed by atoms with Gasteiger partial charge in [0.1, 0.15) is 11.8 Å². The Morgan fingerprint density at radius 1 is 1.15 bits per heavy atom. The Kier molecular flexibility index (Phi) is 4.67. The lowest BCUT2D eigenvalue weighted by atomic mass is 10.0. The number of hydrogen-bond donors (Lipinski definition) is 1. The quantitative estimate of drug-likeness (QED) is 0.887. The van der Waals surface area contributed by atoms with Gasteiger partial charge in [-0.3, -0.25) is 14.5 Å². The van der Waals surface area contributed by atoms with Crippen LogP contribution in [0.1, 0.15) is 42.7 Å². The number of ether oxygens (including phenoxy) is 1. The molecule has 3 rings (SSSR count). The SMILES string of the molecule is COc1ccc2c(c1)C(=O)N(c1ccc(Cl)cc1)C2C(=O)NC(C)(C)C. The van der Waals surface area contributed by atoms with Crippen LogP contribution in [0.5, 0.6) is 5.75 Å². The normalized spacial score (nSPS) is 16.4. The maximum absolute atomic E-state index is 13.1. The minimum atomic E-state index is -0.746. The van der Waals surface area contributed by atoms with Crippen molar-refractivity contribution >= 4 is 29.1 Å². The highest BCUT2D eigenvalue weighted by Crippen LogP contribution is 2.39. The summed E-state index contributed by atoms with van der Waals surface area (Å²) in [5, 5.41) is 3.54. The molecule has 0 radical (unpaired) electrons. The molecule has 1 N–H and O–H groups in total. The minimum Gasteiger partial charge on any atom is -0.497 e. The Morgan fingerprint density at radius 3 is 2.38 bits per heavy atom. The Balaban J connectivity index is 2.10. The molecule has 1 aliphatic rings. The molecule has 1 unspecified atom stereocenters. The molecule has 1 atom stereocenters. The van der Waals surface area contributed by atoms with E-state index in [1.54, 1.807) is 49.6 Å². The summed E-state index contributed by atoms with van der Waals surface area (Å²) in [5.74, 6) is 0.102. The van der Waals surface area contributed by atoms with Crippen LogP contribution in [0, 0.1) is 0 Å². The third-order valence-corrected chi connectivity index (χ3v) is 4.37. The smallest absolute Gasteiger partial charge is 0.259 e. The van der Waals surface area contributed by atoms with E-state index in [1.807, 2.05) is 20.8 Å². The maximum Gasteiger partial charge on any atom is 0.259 e. The number of benzene rings is 2. The predicted molar refractivity (Wildman–Crippen MR) is 102 cm³/mol. The second-order valence-corrected chi connectivity index (χ2v) is 7.68. The van der Waals surface area contributed by atoms with Crippen molar-refractivity contribution in [3.8, 4) is 5.75 Å². The van der Waals surface area contributed by atoms with Crippen molar-refractivity contribution in [1.82, 2.24) is 5.32 Å². The van der Waals surface area contributed by atoms with Gasteiger partial charge < -0.3 is 10.1 Å². The molecule has 0 aromatic heterocycles. The molecule has 2 aromatic rings. The molecule has 0 bridgehead atoms. The summed E-state index contributed by atoms with van der Waals surface area (Å²) >= 11 is 5.97. The summed E-state index contributed by atoms with van der Waals surface area (Å²) in [6.07, 6.45) is 0. The number of fused-ring (bicyclic) bond motifs is 1.